The average molecular weight is 212 g/mol. The Labute approximate surface area is 85.1 Å². The Kier molecular flexibility index (Phi) is 7.31. The summed E-state index contributed by atoms with van der Waals surface area (Å²) in [5.41, 5.74) is 0. The average Bonchev–Trinajstić information content (AvgIpc) is 2.11. The van der Waals surface area contributed by atoms with E-state index in [-0.39, 0.29) is 17.9 Å². The fourth-order valence-electron chi connectivity index (χ4n) is 1.21. The van der Waals surface area contributed by atoms with Crippen molar-refractivity contribution >= 4 is 23.2 Å². The number of alkyl halides is 2. The van der Waals surface area contributed by atoms with Gasteiger partial charge in [0.1, 0.15) is 0 Å². The molecule has 0 saturated heterocycles. The van der Waals surface area contributed by atoms with E-state index in [1.807, 2.05) is 6.92 Å². The first-order valence-electron chi connectivity index (χ1n) is 4.41. The third-order valence-electron chi connectivity index (χ3n) is 2.14. The van der Waals surface area contributed by atoms with Gasteiger partial charge in [0.05, 0.1) is 6.61 Å². The van der Waals surface area contributed by atoms with Gasteiger partial charge in [0, 0.05) is 11.3 Å². The van der Waals surface area contributed by atoms with Crippen LogP contribution in [0.25, 0.3) is 0 Å². The summed E-state index contributed by atoms with van der Waals surface area (Å²) in [4.78, 5) is 0. The summed E-state index contributed by atoms with van der Waals surface area (Å²) in [6.07, 6.45) is 2.00. The summed E-state index contributed by atoms with van der Waals surface area (Å²) in [5, 5.41) is 10.5. The summed E-state index contributed by atoms with van der Waals surface area (Å²) in [6.45, 7) is 3.90. The fourth-order valence-corrected chi connectivity index (χ4v) is 1.56. The second-order valence-corrected chi connectivity index (χ2v) is 4.28. The molecule has 1 radical (unpaired) electrons. The van der Waals surface area contributed by atoms with E-state index in [0.29, 0.717) is 11.8 Å². The van der Waals surface area contributed by atoms with E-state index in [2.05, 4.69) is 6.92 Å². The normalized spacial score (nSPS) is 18.8. The highest BCUT2D eigenvalue weighted by atomic mass is 35.5. The van der Waals surface area contributed by atoms with E-state index in [1.165, 1.54) is 0 Å². The maximum Gasteiger partial charge on any atom is 0.0862 e. The van der Waals surface area contributed by atoms with Crippen molar-refractivity contribution in [1.29, 1.82) is 0 Å². The summed E-state index contributed by atoms with van der Waals surface area (Å²) in [6, 6.07) is 0. The van der Waals surface area contributed by atoms with Gasteiger partial charge in [-0.15, -0.1) is 23.2 Å². The van der Waals surface area contributed by atoms with Gasteiger partial charge in [-0.3, -0.25) is 0 Å². The van der Waals surface area contributed by atoms with E-state index in [9.17, 15) is 5.11 Å². The van der Waals surface area contributed by atoms with Crippen LogP contribution < -0.4 is 0 Å². The number of halogens is 2. The van der Waals surface area contributed by atoms with Crippen molar-refractivity contribution in [2.45, 2.75) is 32.1 Å². The minimum Gasteiger partial charge on any atom is -0.236 e. The number of rotatable bonds is 6. The van der Waals surface area contributed by atoms with Crippen LogP contribution in [0.3, 0.4) is 0 Å². The largest absolute Gasteiger partial charge is 0.236 e. The molecule has 0 rings (SSSR count). The molecule has 0 aromatic rings. The minimum atomic E-state index is -0.0839. The van der Waals surface area contributed by atoms with Gasteiger partial charge in [-0.1, -0.05) is 13.8 Å². The van der Waals surface area contributed by atoms with E-state index in [0.717, 1.165) is 12.8 Å². The molecule has 0 fully saturated rings. The lowest BCUT2D eigenvalue weighted by molar-refractivity contribution is 0.140. The summed E-state index contributed by atoms with van der Waals surface area (Å²) < 4.78 is 0. The zero-order chi connectivity index (χ0) is 9.56. The number of hydrogen-bond donors (Lipinski definition) is 0. The first kappa shape index (κ1) is 12.5. The summed E-state index contributed by atoms with van der Waals surface area (Å²) in [5.74, 6) is 1.14. The first-order chi connectivity index (χ1) is 5.63. The maximum atomic E-state index is 10.5. The highest BCUT2D eigenvalue weighted by Crippen LogP contribution is 2.23. The van der Waals surface area contributed by atoms with Crippen LogP contribution >= 0.6 is 23.2 Å². The highest BCUT2D eigenvalue weighted by Gasteiger charge is 2.20. The molecule has 0 aliphatic carbocycles. The Morgan fingerprint density at radius 1 is 1.25 bits per heavy atom. The smallest absolute Gasteiger partial charge is 0.0862 e. The predicted octanol–water partition coefficient (Wildman–Crippen LogP) is 3.32. The van der Waals surface area contributed by atoms with Crippen LogP contribution in [0.15, 0.2) is 0 Å². The highest BCUT2D eigenvalue weighted by molar-refractivity contribution is 6.21. The molecule has 0 bridgehead atoms. The van der Waals surface area contributed by atoms with Crippen molar-refractivity contribution in [3.05, 3.63) is 0 Å². The van der Waals surface area contributed by atoms with Crippen molar-refractivity contribution in [2.24, 2.45) is 11.8 Å². The van der Waals surface area contributed by atoms with Gasteiger partial charge < -0.3 is 0 Å². The second-order valence-electron chi connectivity index (χ2n) is 3.40. The van der Waals surface area contributed by atoms with Gasteiger partial charge in [0.25, 0.3) is 0 Å². The molecule has 1 nitrogen and oxygen atoms in total. The van der Waals surface area contributed by atoms with Gasteiger partial charge in [-0.05, 0) is 24.7 Å². The van der Waals surface area contributed by atoms with Crippen molar-refractivity contribution in [1.82, 2.24) is 0 Å². The zero-order valence-electron chi connectivity index (χ0n) is 7.72. The molecule has 0 aliphatic rings. The lowest BCUT2D eigenvalue weighted by atomic mass is 9.94. The topological polar surface area (TPSA) is 19.9 Å². The Bertz CT molecular complexity index is 109. The van der Waals surface area contributed by atoms with E-state index < -0.39 is 0 Å². The molecule has 12 heavy (non-hydrogen) atoms. The van der Waals surface area contributed by atoms with Gasteiger partial charge in [-0.25, -0.2) is 5.11 Å². The van der Waals surface area contributed by atoms with Crippen LogP contribution in [0.1, 0.15) is 26.7 Å². The second kappa shape index (κ2) is 6.99. The predicted molar refractivity (Wildman–Crippen MR) is 53.5 cm³/mol. The van der Waals surface area contributed by atoms with Crippen LogP contribution in [-0.2, 0) is 5.11 Å². The van der Waals surface area contributed by atoms with Gasteiger partial charge >= 0.3 is 0 Å². The van der Waals surface area contributed by atoms with Crippen LogP contribution in [0.2, 0.25) is 0 Å². The Balaban J connectivity index is 3.67. The van der Waals surface area contributed by atoms with Gasteiger partial charge in [0.15, 0.2) is 0 Å². The molecule has 0 aromatic heterocycles. The Morgan fingerprint density at radius 3 is 2.25 bits per heavy atom. The molecule has 0 aromatic carbocycles. The molecule has 3 heteroatoms. The van der Waals surface area contributed by atoms with Crippen LogP contribution in [0.4, 0.5) is 0 Å². The third-order valence-corrected chi connectivity index (χ3v) is 3.27. The zero-order valence-corrected chi connectivity index (χ0v) is 9.24. The van der Waals surface area contributed by atoms with Gasteiger partial charge in [-0.2, -0.15) is 0 Å². The lowest BCUT2D eigenvalue weighted by Gasteiger charge is -2.21. The molecule has 3 unspecified atom stereocenters. The van der Waals surface area contributed by atoms with E-state index in [1.54, 1.807) is 0 Å². The molecule has 73 valence electrons. The van der Waals surface area contributed by atoms with Gasteiger partial charge in [0.2, 0.25) is 0 Å². The molecule has 0 amide bonds. The molecular formula is C9H17Cl2O. The molecule has 0 saturated carbocycles. The van der Waals surface area contributed by atoms with Crippen molar-refractivity contribution in [3.63, 3.8) is 0 Å². The SMILES string of the molecule is CC(C[O])C(Cl)C(C)CCCCl. The molecule has 0 heterocycles. The standard InChI is InChI=1S/C9H17Cl2O/c1-7(4-3-5-10)9(11)8(2)6-12/h7-9H,3-6H2,1-2H3. The number of hydrogen-bond acceptors (Lipinski definition) is 0. The molecule has 0 N–H and O–H groups in total. The van der Waals surface area contributed by atoms with E-state index >= 15 is 0 Å². The van der Waals surface area contributed by atoms with Crippen molar-refractivity contribution < 1.29 is 5.11 Å². The summed E-state index contributed by atoms with van der Waals surface area (Å²) in [7, 11) is 0. The fraction of sp³-hybridized carbons (Fsp3) is 1.00. The molecule has 0 aliphatic heterocycles. The van der Waals surface area contributed by atoms with Crippen LogP contribution in [0.5, 0.6) is 0 Å². The minimum absolute atomic E-state index is 0.00529. The summed E-state index contributed by atoms with van der Waals surface area (Å²) >= 11 is 11.6. The monoisotopic (exact) mass is 211 g/mol. The van der Waals surface area contributed by atoms with Crippen LogP contribution in [-0.4, -0.2) is 17.9 Å². The van der Waals surface area contributed by atoms with E-state index in [4.69, 9.17) is 23.2 Å². The molecular weight excluding hydrogens is 195 g/mol. The molecule has 3 atom stereocenters. The van der Waals surface area contributed by atoms with Crippen molar-refractivity contribution in [3.8, 4) is 0 Å². The Morgan fingerprint density at radius 2 is 1.83 bits per heavy atom. The van der Waals surface area contributed by atoms with Crippen molar-refractivity contribution in [2.75, 3.05) is 12.5 Å². The first-order valence-corrected chi connectivity index (χ1v) is 5.38. The quantitative estimate of drug-likeness (QED) is 0.602. The Hall–Kier alpha value is 0.540. The lowest BCUT2D eigenvalue weighted by Crippen LogP contribution is -2.22. The van der Waals surface area contributed by atoms with Crippen LogP contribution in [0, 0.1) is 11.8 Å². The molecule has 0 spiro atoms. The maximum absolute atomic E-state index is 10.5. The third kappa shape index (κ3) is 4.54.